The van der Waals surface area contributed by atoms with E-state index in [2.05, 4.69) is 4.72 Å². The van der Waals surface area contributed by atoms with Crippen molar-refractivity contribution in [2.45, 2.75) is 19.4 Å². The van der Waals surface area contributed by atoms with Gasteiger partial charge in [-0.15, -0.1) is 0 Å². The molecule has 1 amide bonds. The largest absolute Gasteiger partial charge is 0.365 e. The Bertz CT molecular complexity index is 635. The molecular weight excluding hydrogens is 328 g/mol. The van der Waals surface area contributed by atoms with Crippen LogP contribution in [-0.2, 0) is 19.6 Å². The van der Waals surface area contributed by atoms with E-state index in [1.54, 1.807) is 36.1 Å². The molecule has 1 saturated heterocycles. The summed E-state index contributed by atoms with van der Waals surface area (Å²) >= 11 is 5.94. The van der Waals surface area contributed by atoms with Crippen LogP contribution in [0.25, 0.3) is 0 Å². The third-order valence-corrected chi connectivity index (χ3v) is 5.04. The molecule has 1 aromatic rings. The van der Waals surface area contributed by atoms with Crippen molar-refractivity contribution < 1.29 is 17.9 Å². The van der Waals surface area contributed by atoms with Gasteiger partial charge in [0.05, 0.1) is 18.4 Å². The van der Waals surface area contributed by atoms with Crippen LogP contribution in [-0.4, -0.2) is 45.9 Å². The summed E-state index contributed by atoms with van der Waals surface area (Å²) < 4.78 is 31.2. The maximum absolute atomic E-state index is 12.0. The molecule has 0 aliphatic carbocycles. The molecule has 1 aliphatic rings. The molecule has 1 unspecified atom stereocenters. The fourth-order valence-electron chi connectivity index (χ4n) is 2.20. The Morgan fingerprint density at radius 2 is 2.23 bits per heavy atom. The van der Waals surface area contributed by atoms with E-state index in [1.165, 1.54) is 0 Å². The first-order valence-electron chi connectivity index (χ1n) is 7.06. The van der Waals surface area contributed by atoms with Gasteiger partial charge in [-0.1, -0.05) is 24.6 Å². The van der Waals surface area contributed by atoms with Gasteiger partial charge in [0.2, 0.25) is 10.0 Å². The van der Waals surface area contributed by atoms with Crippen LogP contribution in [0.4, 0.5) is 5.69 Å². The molecule has 0 radical (unpaired) electrons. The third kappa shape index (κ3) is 4.67. The predicted octanol–water partition coefficient (Wildman–Crippen LogP) is 1.40. The number of morpholine rings is 1. The zero-order valence-electron chi connectivity index (χ0n) is 12.3. The number of carbonyl (C=O) groups excluding carboxylic acids is 1. The Balaban J connectivity index is 2.01. The zero-order valence-corrected chi connectivity index (χ0v) is 13.9. The highest BCUT2D eigenvalue weighted by molar-refractivity contribution is 7.89. The van der Waals surface area contributed by atoms with E-state index < -0.39 is 10.0 Å². The molecule has 1 atom stereocenters. The Labute approximate surface area is 135 Å². The van der Waals surface area contributed by atoms with Crippen LogP contribution in [0.3, 0.4) is 0 Å². The summed E-state index contributed by atoms with van der Waals surface area (Å²) in [4.78, 5) is 13.5. The summed E-state index contributed by atoms with van der Waals surface area (Å²) in [5, 5.41) is 0.539. The van der Waals surface area contributed by atoms with E-state index in [1.807, 2.05) is 0 Å². The van der Waals surface area contributed by atoms with Crippen LogP contribution < -0.4 is 9.62 Å². The van der Waals surface area contributed by atoms with Crippen LogP contribution in [0.15, 0.2) is 24.3 Å². The van der Waals surface area contributed by atoms with Crippen molar-refractivity contribution in [1.29, 1.82) is 0 Å². The minimum absolute atomic E-state index is 0.0767. The number of sulfonamides is 1. The van der Waals surface area contributed by atoms with Gasteiger partial charge < -0.3 is 9.64 Å². The Morgan fingerprint density at radius 3 is 2.91 bits per heavy atom. The highest BCUT2D eigenvalue weighted by Crippen LogP contribution is 2.22. The molecule has 1 N–H and O–H groups in total. The number of halogens is 1. The van der Waals surface area contributed by atoms with E-state index in [0.717, 1.165) is 0 Å². The molecule has 8 heteroatoms. The van der Waals surface area contributed by atoms with E-state index in [-0.39, 0.29) is 37.5 Å². The lowest BCUT2D eigenvalue weighted by Crippen LogP contribution is -2.50. The number of rotatable bonds is 6. The number of amides is 1. The van der Waals surface area contributed by atoms with Crippen molar-refractivity contribution in [1.82, 2.24) is 4.72 Å². The number of nitrogens with zero attached hydrogens (tertiary/aromatic N) is 1. The molecule has 2 rings (SSSR count). The van der Waals surface area contributed by atoms with Crippen molar-refractivity contribution >= 4 is 33.2 Å². The van der Waals surface area contributed by atoms with E-state index >= 15 is 0 Å². The normalized spacial score (nSPS) is 19.5. The number of carbonyl (C=O) groups is 1. The summed E-state index contributed by atoms with van der Waals surface area (Å²) in [6.07, 6.45) is 0.164. The first-order valence-corrected chi connectivity index (χ1v) is 9.09. The number of ether oxygens (including phenoxy) is 1. The second-order valence-corrected chi connectivity index (χ2v) is 7.45. The van der Waals surface area contributed by atoms with Gasteiger partial charge in [0, 0.05) is 17.3 Å². The van der Waals surface area contributed by atoms with Gasteiger partial charge in [0.15, 0.2) is 0 Å². The summed E-state index contributed by atoms with van der Waals surface area (Å²) in [6, 6.07) is 6.97. The quantitative estimate of drug-likeness (QED) is 0.844. The fourth-order valence-corrected chi connectivity index (χ4v) is 3.51. The number of benzene rings is 1. The Kier molecular flexibility index (Phi) is 5.80. The average Bonchev–Trinajstić information content (AvgIpc) is 2.46. The second-order valence-electron chi connectivity index (χ2n) is 5.08. The molecule has 1 aliphatic heterocycles. The molecule has 1 fully saturated rings. The summed E-state index contributed by atoms with van der Waals surface area (Å²) in [7, 11) is -3.29. The van der Waals surface area contributed by atoms with Crippen molar-refractivity contribution in [2.24, 2.45) is 0 Å². The molecule has 6 nitrogen and oxygen atoms in total. The number of anilines is 1. The fraction of sp³-hybridized carbons (Fsp3) is 0.500. The average molecular weight is 347 g/mol. The highest BCUT2D eigenvalue weighted by Gasteiger charge is 2.28. The van der Waals surface area contributed by atoms with Gasteiger partial charge in [-0.25, -0.2) is 13.1 Å². The summed E-state index contributed by atoms with van der Waals surface area (Å²) in [5.41, 5.74) is 0.683. The topological polar surface area (TPSA) is 75.7 Å². The van der Waals surface area contributed by atoms with Crippen LogP contribution >= 0.6 is 11.6 Å². The first-order chi connectivity index (χ1) is 10.4. The molecule has 0 bridgehead atoms. The lowest BCUT2D eigenvalue weighted by Gasteiger charge is -2.32. The smallest absolute Gasteiger partial charge is 0.253 e. The first kappa shape index (κ1) is 17.2. The lowest BCUT2D eigenvalue weighted by atomic mass is 10.2. The van der Waals surface area contributed by atoms with E-state index in [0.29, 0.717) is 17.1 Å². The summed E-state index contributed by atoms with van der Waals surface area (Å²) in [5.74, 6) is -0.0913. The third-order valence-electron chi connectivity index (χ3n) is 3.25. The van der Waals surface area contributed by atoms with Crippen LogP contribution in [0.1, 0.15) is 13.3 Å². The number of hydrogen-bond acceptors (Lipinski definition) is 4. The standard InChI is InChI=1S/C14H19ClN2O4S/c1-2-6-22(19,20)16-8-13-9-17(14(18)10-21-13)12-5-3-4-11(15)7-12/h3-5,7,13,16H,2,6,8-10H2,1H3. The molecule has 1 aromatic carbocycles. The number of nitrogens with one attached hydrogen (secondary N) is 1. The highest BCUT2D eigenvalue weighted by atomic mass is 35.5. The molecular formula is C14H19ClN2O4S. The van der Waals surface area contributed by atoms with E-state index in [4.69, 9.17) is 16.3 Å². The predicted molar refractivity (Wildman–Crippen MR) is 85.6 cm³/mol. The maximum Gasteiger partial charge on any atom is 0.253 e. The van der Waals surface area contributed by atoms with Crippen LogP contribution in [0.2, 0.25) is 5.02 Å². The minimum Gasteiger partial charge on any atom is -0.365 e. The van der Waals surface area contributed by atoms with Crippen molar-refractivity contribution in [2.75, 3.05) is 30.3 Å². The molecule has 0 spiro atoms. The second kappa shape index (κ2) is 7.41. The van der Waals surface area contributed by atoms with Gasteiger partial charge in [0.1, 0.15) is 6.61 Å². The van der Waals surface area contributed by atoms with Crippen LogP contribution in [0, 0.1) is 0 Å². The Morgan fingerprint density at radius 1 is 1.45 bits per heavy atom. The number of hydrogen-bond donors (Lipinski definition) is 1. The van der Waals surface area contributed by atoms with Gasteiger partial charge in [-0.3, -0.25) is 4.79 Å². The molecule has 0 saturated carbocycles. The zero-order chi connectivity index (χ0) is 16.2. The summed E-state index contributed by atoms with van der Waals surface area (Å²) in [6.45, 7) is 2.16. The minimum atomic E-state index is -3.29. The monoisotopic (exact) mass is 346 g/mol. The van der Waals surface area contributed by atoms with Crippen LogP contribution in [0.5, 0.6) is 0 Å². The Hall–Kier alpha value is -1.15. The van der Waals surface area contributed by atoms with Crippen molar-refractivity contribution in [3.05, 3.63) is 29.3 Å². The van der Waals surface area contributed by atoms with Gasteiger partial charge in [-0.05, 0) is 24.6 Å². The molecule has 1 heterocycles. The van der Waals surface area contributed by atoms with Gasteiger partial charge in [0.25, 0.3) is 5.91 Å². The maximum atomic E-state index is 12.0. The SMILES string of the molecule is CCCS(=O)(=O)NCC1CN(c2cccc(Cl)c2)C(=O)CO1. The molecule has 122 valence electrons. The van der Waals surface area contributed by atoms with Gasteiger partial charge >= 0.3 is 0 Å². The molecule has 22 heavy (non-hydrogen) atoms. The van der Waals surface area contributed by atoms with Gasteiger partial charge in [-0.2, -0.15) is 0 Å². The molecule has 0 aromatic heterocycles. The van der Waals surface area contributed by atoms with Crippen molar-refractivity contribution in [3.8, 4) is 0 Å². The van der Waals surface area contributed by atoms with E-state index in [9.17, 15) is 13.2 Å². The lowest BCUT2D eigenvalue weighted by molar-refractivity contribution is -0.129. The van der Waals surface area contributed by atoms with Crippen molar-refractivity contribution in [3.63, 3.8) is 0 Å².